The van der Waals surface area contributed by atoms with Gasteiger partial charge in [-0.3, -0.25) is 4.98 Å². The van der Waals surface area contributed by atoms with E-state index in [9.17, 15) is 5.11 Å². The summed E-state index contributed by atoms with van der Waals surface area (Å²) in [6, 6.07) is 7.09. The summed E-state index contributed by atoms with van der Waals surface area (Å²) in [6.45, 7) is 8.11. The largest absolute Gasteiger partial charge is 0.506 e. The Morgan fingerprint density at radius 1 is 1.31 bits per heavy atom. The van der Waals surface area contributed by atoms with Gasteiger partial charge in [-0.15, -0.1) is 6.58 Å². The summed E-state index contributed by atoms with van der Waals surface area (Å²) in [5.74, 6) is 0.117. The van der Waals surface area contributed by atoms with Gasteiger partial charge in [-0.1, -0.05) is 48.3 Å². The molecular formula is C21H24Cl2N2O. The van der Waals surface area contributed by atoms with Gasteiger partial charge in [0.25, 0.3) is 0 Å². The van der Waals surface area contributed by atoms with E-state index in [1.54, 1.807) is 24.4 Å². The van der Waals surface area contributed by atoms with E-state index >= 15 is 0 Å². The van der Waals surface area contributed by atoms with Crippen LogP contribution in [0.3, 0.4) is 0 Å². The second kappa shape index (κ2) is 7.89. The number of pyridine rings is 1. The molecule has 2 aromatic rings. The molecule has 0 aliphatic carbocycles. The molecule has 0 radical (unpaired) electrons. The molecule has 0 spiro atoms. The van der Waals surface area contributed by atoms with E-state index in [-0.39, 0.29) is 5.75 Å². The van der Waals surface area contributed by atoms with Crippen molar-refractivity contribution in [3.8, 4) is 17.0 Å². The summed E-state index contributed by atoms with van der Waals surface area (Å²) in [5.41, 5.74) is 2.40. The number of piperidine rings is 1. The van der Waals surface area contributed by atoms with Crippen LogP contribution >= 0.6 is 23.2 Å². The van der Waals surface area contributed by atoms with Crippen LogP contribution in [0.4, 0.5) is 5.69 Å². The minimum atomic E-state index is 0.117. The predicted octanol–water partition coefficient (Wildman–Crippen LogP) is 6.33. The highest BCUT2D eigenvalue weighted by atomic mass is 35.5. The van der Waals surface area contributed by atoms with Crippen LogP contribution in [0.25, 0.3) is 11.3 Å². The van der Waals surface area contributed by atoms with Crippen LogP contribution in [0, 0.1) is 5.41 Å². The molecule has 1 aliphatic rings. The molecule has 0 unspecified atom stereocenters. The summed E-state index contributed by atoms with van der Waals surface area (Å²) < 4.78 is 0. The lowest BCUT2D eigenvalue weighted by atomic mass is 9.76. The molecule has 138 valence electrons. The van der Waals surface area contributed by atoms with Gasteiger partial charge in [-0.05, 0) is 37.2 Å². The summed E-state index contributed by atoms with van der Waals surface area (Å²) >= 11 is 12.3. The number of aromatic hydroxyl groups is 1. The van der Waals surface area contributed by atoms with Crippen molar-refractivity contribution in [3.63, 3.8) is 0 Å². The van der Waals surface area contributed by atoms with Crippen molar-refractivity contribution < 1.29 is 5.11 Å². The third kappa shape index (κ3) is 3.99. The fraction of sp³-hybridized carbons (Fsp3) is 0.381. The summed E-state index contributed by atoms with van der Waals surface area (Å²) in [4.78, 5) is 6.75. The maximum absolute atomic E-state index is 10.5. The molecule has 1 saturated heterocycles. The first-order valence-corrected chi connectivity index (χ1v) is 9.68. The lowest BCUT2D eigenvalue weighted by molar-refractivity contribution is 0.230. The third-order valence-corrected chi connectivity index (χ3v) is 6.17. The van der Waals surface area contributed by atoms with E-state index < -0.39 is 0 Å². The third-order valence-electron chi connectivity index (χ3n) is 5.35. The quantitative estimate of drug-likeness (QED) is 0.605. The summed E-state index contributed by atoms with van der Waals surface area (Å²) in [7, 11) is 0. The van der Waals surface area contributed by atoms with Crippen LogP contribution in [0.2, 0.25) is 10.0 Å². The molecule has 1 aromatic heterocycles. The fourth-order valence-electron chi connectivity index (χ4n) is 3.51. The number of halogens is 2. The van der Waals surface area contributed by atoms with Gasteiger partial charge in [0.05, 0.1) is 21.9 Å². The topological polar surface area (TPSA) is 36.4 Å². The average Bonchev–Trinajstić information content (AvgIpc) is 2.63. The number of hydrogen-bond donors (Lipinski definition) is 1. The van der Waals surface area contributed by atoms with Crippen molar-refractivity contribution >= 4 is 28.9 Å². The van der Waals surface area contributed by atoms with Crippen LogP contribution < -0.4 is 4.90 Å². The standard InChI is InChI=1S/C21H24Cl2N2O/c1-3-4-8-21(2)9-11-25(12-10-21)15-13-18(26)20(24-14-15)16-6-5-7-17(22)19(16)23/h3,5-7,13-14,26H,1,4,8-12H2,2H3. The molecule has 2 heterocycles. The number of allylic oxidation sites excluding steroid dienone is 1. The second-order valence-corrected chi connectivity index (χ2v) is 8.07. The van der Waals surface area contributed by atoms with E-state index in [4.69, 9.17) is 23.2 Å². The molecule has 0 bridgehead atoms. The zero-order valence-electron chi connectivity index (χ0n) is 15.0. The Bertz CT molecular complexity index is 799. The number of rotatable bonds is 5. The van der Waals surface area contributed by atoms with E-state index in [1.807, 2.05) is 12.1 Å². The Labute approximate surface area is 165 Å². The first kappa shape index (κ1) is 19.1. The zero-order valence-corrected chi connectivity index (χ0v) is 16.5. The maximum Gasteiger partial charge on any atom is 0.143 e. The fourth-order valence-corrected chi connectivity index (χ4v) is 3.90. The molecular weight excluding hydrogens is 367 g/mol. The molecule has 1 aliphatic heterocycles. The molecule has 0 atom stereocenters. The highest BCUT2D eigenvalue weighted by Gasteiger charge is 2.29. The van der Waals surface area contributed by atoms with Crippen LogP contribution in [0.1, 0.15) is 32.6 Å². The highest BCUT2D eigenvalue weighted by molar-refractivity contribution is 6.43. The Morgan fingerprint density at radius 3 is 2.69 bits per heavy atom. The van der Waals surface area contributed by atoms with Gasteiger partial charge in [-0.25, -0.2) is 0 Å². The average molecular weight is 391 g/mol. The minimum Gasteiger partial charge on any atom is -0.506 e. The minimum absolute atomic E-state index is 0.117. The molecule has 0 saturated carbocycles. The van der Waals surface area contributed by atoms with E-state index in [0.29, 0.717) is 26.7 Å². The van der Waals surface area contributed by atoms with Crippen LogP contribution in [-0.4, -0.2) is 23.2 Å². The first-order valence-electron chi connectivity index (χ1n) is 8.93. The van der Waals surface area contributed by atoms with Crippen molar-refractivity contribution in [1.82, 2.24) is 4.98 Å². The molecule has 0 amide bonds. The number of anilines is 1. The number of nitrogens with zero attached hydrogens (tertiary/aromatic N) is 2. The Hall–Kier alpha value is -1.71. The van der Waals surface area contributed by atoms with Gasteiger partial charge in [0.1, 0.15) is 11.4 Å². The van der Waals surface area contributed by atoms with Gasteiger partial charge >= 0.3 is 0 Å². The molecule has 3 rings (SSSR count). The molecule has 1 aromatic carbocycles. The van der Waals surface area contributed by atoms with E-state index in [2.05, 4.69) is 23.4 Å². The van der Waals surface area contributed by atoms with Crippen molar-refractivity contribution in [2.45, 2.75) is 32.6 Å². The normalized spacial score (nSPS) is 16.5. The Kier molecular flexibility index (Phi) is 5.79. The van der Waals surface area contributed by atoms with Crippen molar-refractivity contribution in [2.24, 2.45) is 5.41 Å². The van der Waals surface area contributed by atoms with Crippen LogP contribution in [-0.2, 0) is 0 Å². The molecule has 5 heteroatoms. The van der Waals surface area contributed by atoms with E-state index in [0.717, 1.165) is 38.0 Å². The van der Waals surface area contributed by atoms with E-state index in [1.165, 1.54) is 6.42 Å². The Morgan fingerprint density at radius 2 is 2.04 bits per heavy atom. The molecule has 26 heavy (non-hydrogen) atoms. The number of benzene rings is 1. The smallest absolute Gasteiger partial charge is 0.143 e. The van der Waals surface area contributed by atoms with Crippen molar-refractivity contribution in [1.29, 1.82) is 0 Å². The van der Waals surface area contributed by atoms with Crippen molar-refractivity contribution in [3.05, 3.63) is 53.2 Å². The zero-order chi connectivity index (χ0) is 18.7. The monoisotopic (exact) mass is 390 g/mol. The SMILES string of the molecule is C=CCCC1(C)CCN(c2cnc(-c3cccc(Cl)c3Cl)c(O)c2)CC1. The van der Waals surface area contributed by atoms with Gasteiger partial charge < -0.3 is 10.0 Å². The number of hydrogen-bond acceptors (Lipinski definition) is 3. The van der Waals surface area contributed by atoms with Gasteiger partial charge in [-0.2, -0.15) is 0 Å². The highest BCUT2D eigenvalue weighted by Crippen LogP contribution is 2.40. The molecule has 3 nitrogen and oxygen atoms in total. The van der Waals surface area contributed by atoms with Gasteiger partial charge in [0, 0.05) is 24.7 Å². The maximum atomic E-state index is 10.5. The van der Waals surface area contributed by atoms with Gasteiger partial charge in [0.15, 0.2) is 0 Å². The number of aromatic nitrogens is 1. The van der Waals surface area contributed by atoms with Crippen LogP contribution in [0.5, 0.6) is 5.75 Å². The lowest BCUT2D eigenvalue weighted by Gasteiger charge is -2.40. The lowest BCUT2D eigenvalue weighted by Crippen LogP contribution is -2.38. The Balaban J connectivity index is 1.77. The first-order chi connectivity index (χ1) is 12.4. The predicted molar refractivity (Wildman–Crippen MR) is 110 cm³/mol. The molecule has 1 N–H and O–H groups in total. The second-order valence-electron chi connectivity index (χ2n) is 7.29. The summed E-state index contributed by atoms with van der Waals surface area (Å²) in [5, 5.41) is 11.4. The summed E-state index contributed by atoms with van der Waals surface area (Å²) in [6.07, 6.45) is 8.30. The van der Waals surface area contributed by atoms with Crippen molar-refractivity contribution in [2.75, 3.05) is 18.0 Å². The van der Waals surface area contributed by atoms with Crippen LogP contribution in [0.15, 0.2) is 43.1 Å². The molecule has 1 fully saturated rings. The van der Waals surface area contributed by atoms with Gasteiger partial charge in [0.2, 0.25) is 0 Å².